The Labute approximate surface area is 151 Å². The van der Waals surface area contributed by atoms with Crippen molar-refractivity contribution in [3.63, 3.8) is 0 Å². The first-order valence-electron chi connectivity index (χ1n) is 7.80. The molecule has 3 rings (SSSR count). The van der Waals surface area contributed by atoms with Crippen LogP contribution >= 0.6 is 23.4 Å². The minimum atomic E-state index is -4.49. The second kappa shape index (κ2) is 6.96. The van der Waals surface area contributed by atoms with Crippen molar-refractivity contribution < 1.29 is 13.2 Å². The first kappa shape index (κ1) is 18.2. The Morgan fingerprint density at radius 2 is 1.88 bits per heavy atom. The molecule has 0 unspecified atom stereocenters. The number of nitrogens with one attached hydrogen (secondary N) is 1. The summed E-state index contributed by atoms with van der Waals surface area (Å²) in [6, 6.07) is 3.86. The summed E-state index contributed by atoms with van der Waals surface area (Å²) in [7, 11) is 0. The van der Waals surface area contributed by atoms with Gasteiger partial charge in [-0.15, -0.1) is 11.8 Å². The third kappa shape index (κ3) is 3.67. The number of rotatable bonds is 3. The van der Waals surface area contributed by atoms with Crippen LogP contribution in [0.3, 0.4) is 0 Å². The van der Waals surface area contributed by atoms with Crippen LogP contribution in [0.4, 0.5) is 18.9 Å². The predicted molar refractivity (Wildman–Crippen MR) is 94.1 cm³/mol. The lowest BCUT2D eigenvalue weighted by Crippen LogP contribution is -2.20. The van der Waals surface area contributed by atoms with Gasteiger partial charge in [-0.1, -0.05) is 23.7 Å². The molecule has 1 heterocycles. The number of H-pyrrole nitrogens is 1. The van der Waals surface area contributed by atoms with Gasteiger partial charge in [0.05, 0.1) is 15.6 Å². The number of fused-ring (bicyclic) bond motifs is 1. The number of thioether (sulfide) groups is 1. The molecule has 3 nitrogen and oxygen atoms in total. The molecule has 0 radical (unpaired) electrons. The molecule has 0 saturated heterocycles. The van der Waals surface area contributed by atoms with Crippen LogP contribution in [0, 0.1) is 0 Å². The molecule has 0 aliphatic heterocycles. The van der Waals surface area contributed by atoms with Crippen molar-refractivity contribution in [1.82, 2.24) is 4.98 Å². The number of anilines is 1. The lowest BCUT2D eigenvalue weighted by molar-refractivity contribution is -0.137. The maximum Gasteiger partial charge on any atom is 0.417 e. The first-order valence-corrected chi connectivity index (χ1v) is 9.16. The van der Waals surface area contributed by atoms with Crippen molar-refractivity contribution in [2.75, 3.05) is 5.73 Å². The van der Waals surface area contributed by atoms with Crippen LogP contribution in [0.1, 0.15) is 35.1 Å². The third-order valence-corrected chi connectivity index (χ3v) is 5.83. The molecule has 8 heteroatoms. The molecule has 1 aromatic heterocycles. The molecular weight excluding hydrogens is 373 g/mol. The number of aromatic nitrogens is 1. The van der Waals surface area contributed by atoms with Crippen LogP contribution < -0.4 is 11.3 Å². The highest BCUT2D eigenvalue weighted by atomic mass is 35.5. The van der Waals surface area contributed by atoms with Gasteiger partial charge in [0.25, 0.3) is 5.56 Å². The van der Waals surface area contributed by atoms with Gasteiger partial charge in [-0.3, -0.25) is 4.79 Å². The van der Waals surface area contributed by atoms with E-state index in [1.165, 1.54) is 17.8 Å². The smallest absolute Gasteiger partial charge is 0.394 e. The van der Waals surface area contributed by atoms with Crippen molar-refractivity contribution in [3.05, 3.63) is 55.8 Å². The van der Waals surface area contributed by atoms with Crippen LogP contribution in [0.5, 0.6) is 0 Å². The fourth-order valence-electron chi connectivity index (χ4n) is 3.02. The topological polar surface area (TPSA) is 58.9 Å². The summed E-state index contributed by atoms with van der Waals surface area (Å²) in [5.74, 6) is 0.231. The van der Waals surface area contributed by atoms with Gasteiger partial charge in [0, 0.05) is 5.75 Å². The average Bonchev–Trinajstić information content (AvgIpc) is 2.57. The summed E-state index contributed by atoms with van der Waals surface area (Å²) in [5.41, 5.74) is 7.17. The normalized spacial score (nSPS) is 14.4. The van der Waals surface area contributed by atoms with Crippen molar-refractivity contribution >= 4 is 29.1 Å². The molecule has 1 aliphatic carbocycles. The standard InChI is InChI=1S/C17H16ClF3N2OS/c18-13-9(4-3-7-12(13)17(19,20)21)8-25-16-11-6-2-1-5-10(11)14(22)15(24)23-16/h3-4,7H,1-2,5-6,8,22H2,(H,23,24). The van der Waals surface area contributed by atoms with Crippen LogP contribution in [-0.4, -0.2) is 4.98 Å². The molecule has 0 spiro atoms. The molecule has 0 amide bonds. The lowest BCUT2D eigenvalue weighted by Gasteiger charge is -2.20. The fourth-order valence-corrected chi connectivity index (χ4v) is 4.50. The summed E-state index contributed by atoms with van der Waals surface area (Å²) in [5, 5.41) is 0.372. The highest BCUT2D eigenvalue weighted by molar-refractivity contribution is 7.98. The van der Waals surface area contributed by atoms with Gasteiger partial charge in [0.15, 0.2) is 0 Å². The minimum Gasteiger partial charge on any atom is -0.394 e. The van der Waals surface area contributed by atoms with E-state index in [4.69, 9.17) is 17.3 Å². The number of benzene rings is 1. The van der Waals surface area contributed by atoms with E-state index in [9.17, 15) is 18.0 Å². The predicted octanol–water partition coefficient (Wildman–Crippen LogP) is 4.80. The number of nitrogens with two attached hydrogens (primary N) is 1. The zero-order valence-electron chi connectivity index (χ0n) is 13.2. The van der Waals surface area contributed by atoms with E-state index in [0.717, 1.165) is 42.9 Å². The molecule has 2 aromatic rings. The van der Waals surface area contributed by atoms with Gasteiger partial charge < -0.3 is 10.7 Å². The van der Waals surface area contributed by atoms with Gasteiger partial charge in [-0.2, -0.15) is 13.2 Å². The number of hydrogen-bond acceptors (Lipinski definition) is 3. The highest BCUT2D eigenvalue weighted by Crippen LogP contribution is 2.39. The summed E-state index contributed by atoms with van der Waals surface area (Å²) in [4.78, 5) is 14.8. The SMILES string of the molecule is Nc1c2c(c(SCc3cccc(C(F)(F)F)c3Cl)[nH]c1=O)CCCC2. The summed E-state index contributed by atoms with van der Waals surface area (Å²) in [6.45, 7) is 0. The maximum absolute atomic E-state index is 13.0. The van der Waals surface area contributed by atoms with E-state index in [1.54, 1.807) is 6.07 Å². The first-order chi connectivity index (χ1) is 11.8. The number of hydrogen-bond donors (Lipinski definition) is 2. The lowest BCUT2D eigenvalue weighted by atomic mass is 9.92. The average molecular weight is 389 g/mol. The monoisotopic (exact) mass is 388 g/mol. The number of aromatic amines is 1. The van der Waals surface area contributed by atoms with E-state index in [0.29, 0.717) is 10.6 Å². The number of nitrogen functional groups attached to an aromatic ring is 1. The Kier molecular flexibility index (Phi) is 5.06. The van der Waals surface area contributed by atoms with E-state index in [2.05, 4.69) is 4.98 Å². The zero-order chi connectivity index (χ0) is 18.2. The molecule has 0 saturated carbocycles. The Morgan fingerprint density at radius 1 is 1.20 bits per heavy atom. The van der Waals surface area contributed by atoms with Crippen molar-refractivity contribution in [2.24, 2.45) is 0 Å². The molecule has 3 N–H and O–H groups in total. The molecular formula is C17H16ClF3N2OS. The van der Waals surface area contributed by atoms with E-state index in [-0.39, 0.29) is 22.0 Å². The Morgan fingerprint density at radius 3 is 2.56 bits per heavy atom. The van der Waals surface area contributed by atoms with E-state index in [1.807, 2.05) is 0 Å². The van der Waals surface area contributed by atoms with Gasteiger partial charge in [0.1, 0.15) is 5.69 Å². The molecule has 1 aliphatic rings. The van der Waals surface area contributed by atoms with Crippen molar-refractivity contribution in [2.45, 2.75) is 42.6 Å². The highest BCUT2D eigenvalue weighted by Gasteiger charge is 2.33. The Bertz CT molecular complexity index is 864. The van der Waals surface area contributed by atoms with Crippen LogP contribution in [0.2, 0.25) is 5.02 Å². The summed E-state index contributed by atoms with van der Waals surface area (Å²) >= 11 is 7.22. The number of halogens is 4. The van der Waals surface area contributed by atoms with Gasteiger partial charge >= 0.3 is 6.18 Å². The second-order valence-electron chi connectivity index (χ2n) is 5.93. The summed E-state index contributed by atoms with van der Waals surface area (Å²) < 4.78 is 38.9. The van der Waals surface area contributed by atoms with Gasteiger partial charge in [-0.05, 0) is 48.4 Å². The molecule has 134 valence electrons. The number of pyridine rings is 1. The van der Waals surface area contributed by atoms with E-state index < -0.39 is 11.7 Å². The van der Waals surface area contributed by atoms with Crippen LogP contribution in [0.25, 0.3) is 0 Å². The van der Waals surface area contributed by atoms with E-state index >= 15 is 0 Å². The molecule has 25 heavy (non-hydrogen) atoms. The van der Waals surface area contributed by atoms with Gasteiger partial charge in [-0.25, -0.2) is 0 Å². The van der Waals surface area contributed by atoms with Crippen LogP contribution in [0.15, 0.2) is 28.0 Å². The summed E-state index contributed by atoms with van der Waals surface area (Å²) in [6.07, 6.45) is -0.967. The Balaban J connectivity index is 1.91. The quantitative estimate of drug-likeness (QED) is 0.742. The maximum atomic E-state index is 13.0. The van der Waals surface area contributed by atoms with Gasteiger partial charge in [0.2, 0.25) is 0 Å². The third-order valence-electron chi connectivity index (χ3n) is 4.29. The molecule has 0 bridgehead atoms. The second-order valence-corrected chi connectivity index (χ2v) is 7.29. The fraction of sp³-hybridized carbons (Fsp3) is 0.353. The largest absolute Gasteiger partial charge is 0.417 e. The molecule has 0 fully saturated rings. The van der Waals surface area contributed by atoms with Crippen LogP contribution in [-0.2, 0) is 24.8 Å². The number of alkyl halides is 3. The zero-order valence-corrected chi connectivity index (χ0v) is 14.7. The Hall–Kier alpha value is -1.60. The molecule has 0 atom stereocenters. The van der Waals surface area contributed by atoms with Crippen molar-refractivity contribution in [3.8, 4) is 0 Å². The molecule has 1 aromatic carbocycles. The minimum absolute atomic E-state index is 0.231. The van der Waals surface area contributed by atoms with Crippen molar-refractivity contribution in [1.29, 1.82) is 0 Å².